The van der Waals surface area contributed by atoms with E-state index < -0.39 is 9.84 Å². The molecule has 3 heterocycles. The zero-order chi connectivity index (χ0) is 37.5. The molecule has 0 saturated heterocycles. The average molecular weight is 739 g/mol. The van der Waals surface area contributed by atoms with Crippen molar-refractivity contribution in [3.05, 3.63) is 188 Å². The van der Waals surface area contributed by atoms with Crippen molar-refractivity contribution in [3.63, 3.8) is 0 Å². The molecule has 0 aliphatic heterocycles. The van der Waals surface area contributed by atoms with Crippen LogP contribution in [0.1, 0.15) is 5.56 Å². The Labute approximate surface area is 321 Å². The molecule has 0 N–H and O–H groups in total. The van der Waals surface area contributed by atoms with Crippen LogP contribution in [0.4, 0.5) is 0 Å². The summed E-state index contributed by atoms with van der Waals surface area (Å²) >= 11 is 0. The summed E-state index contributed by atoms with van der Waals surface area (Å²) in [5, 5.41) is 16.0. The monoisotopic (exact) mass is 738 g/mol. The standard InChI is InChI=1S/C49H30N4O2S/c50-31-32-19-23-36(24-20-32)56(54,55)37-25-21-35(22-26-37)53-48-27-40-38-15-7-9-17-44(38)51(33-11-3-1-4-12-33)46(40)29-42(48)43-30-47-41(28-49(43)53)39-16-8-10-18-45(39)52(47)34-13-5-2-6-14-34/h1-30H. The molecule has 7 heteroatoms. The fourth-order valence-corrected chi connectivity index (χ4v) is 9.81. The van der Waals surface area contributed by atoms with Crippen molar-refractivity contribution in [1.82, 2.24) is 13.7 Å². The first-order chi connectivity index (χ1) is 27.5. The highest BCUT2D eigenvalue weighted by atomic mass is 32.2. The van der Waals surface area contributed by atoms with Gasteiger partial charge in [0.25, 0.3) is 0 Å². The van der Waals surface area contributed by atoms with Gasteiger partial charge < -0.3 is 13.7 Å². The molecule has 11 rings (SSSR count). The Bertz CT molecular complexity index is 3350. The molecule has 3 aromatic heterocycles. The topological polar surface area (TPSA) is 72.7 Å². The second kappa shape index (κ2) is 12.1. The number of nitrogens with zero attached hydrogens (tertiary/aromatic N) is 4. The number of fused-ring (bicyclic) bond motifs is 9. The van der Waals surface area contributed by atoms with Crippen molar-refractivity contribution in [1.29, 1.82) is 5.26 Å². The van der Waals surface area contributed by atoms with Crippen molar-refractivity contribution < 1.29 is 8.42 Å². The lowest BCUT2D eigenvalue weighted by atomic mass is 10.1. The zero-order valence-electron chi connectivity index (χ0n) is 29.8. The largest absolute Gasteiger partial charge is 0.309 e. The number of hydrogen-bond acceptors (Lipinski definition) is 3. The molecular weight excluding hydrogens is 709 g/mol. The van der Waals surface area contributed by atoms with Gasteiger partial charge in [-0.3, -0.25) is 0 Å². The smallest absolute Gasteiger partial charge is 0.206 e. The summed E-state index contributed by atoms with van der Waals surface area (Å²) in [5.74, 6) is 0. The molecule has 0 spiro atoms. The minimum atomic E-state index is -3.81. The third-order valence-corrected chi connectivity index (χ3v) is 12.9. The molecule has 0 aliphatic rings. The molecule has 6 nitrogen and oxygen atoms in total. The molecule has 56 heavy (non-hydrogen) atoms. The van der Waals surface area contributed by atoms with Gasteiger partial charge in [0.2, 0.25) is 9.84 Å². The van der Waals surface area contributed by atoms with Crippen molar-refractivity contribution in [2.75, 3.05) is 0 Å². The van der Waals surface area contributed by atoms with Crippen LogP contribution in [0.2, 0.25) is 0 Å². The molecule has 0 fully saturated rings. The van der Waals surface area contributed by atoms with Gasteiger partial charge in [0.1, 0.15) is 0 Å². The predicted octanol–water partition coefficient (Wildman–Crippen LogP) is 11.7. The molecule has 11 aromatic rings. The van der Waals surface area contributed by atoms with Gasteiger partial charge in [-0.05, 0) is 109 Å². The van der Waals surface area contributed by atoms with Crippen LogP contribution in [0.3, 0.4) is 0 Å². The van der Waals surface area contributed by atoms with E-state index in [4.69, 9.17) is 0 Å². The van der Waals surface area contributed by atoms with Gasteiger partial charge in [-0.25, -0.2) is 8.42 Å². The highest BCUT2D eigenvalue weighted by Gasteiger charge is 2.23. The molecule has 0 bridgehead atoms. The summed E-state index contributed by atoms with van der Waals surface area (Å²) in [4.78, 5) is 0.337. The number of para-hydroxylation sites is 4. The highest BCUT2D eigenvalue weighted by molar-refractivity contribution is 7.91. The molecule has 8 aromatic carbocycles. The van der Waals surface area contributed by atoms with Crippen LogP contribution in [0.15, 0.2) is 192 Å². The fraction of sp³-hybridized carbons (Fsp3) is 0. The van der Waals surface area contributed by atoms with E-state index >= 15 is 0 Å². The number of rotatable bonds is 5. The first-order valence-corrected chi connectivity index (χ1v) is 19.9. The Morgan fingerprint density at radius 3 is 1.12 bits per heavy atom. The van der Waals surface area contributed by atoms with Gasteiger partial charge in [-0.15, -0.1) is 0 Å². The van der Waals surface area contributed by atoms with Gasteiger partial charge in [-0.2, -0.15) is 5.26 Å². The van der Waals surface area contributed by atoms with Crippen LogP contribution in [-0.2, 0) is 9.84 Å². The summed E-state index contributed by atoms with van der Waals surface area (Å²) < 4.78 is 34.4. The maximum atomic E-state index is 13.7. The number of sulfone groups is 1. The van der Waals surface area contributed by atoms with E-state index in [1.807, 2.05) is 24.3 Å². The predicted molar refractivity (Wildman–Crippen MR) is 226 cm³/mol. The van der Waals surface area contributed by atoms with E-state index in [1.165, 1.54) is 24.3 Å². The number of nitriles is 1. The fourth-order valence-electron chi connectivity index (χ4n) is 8.55. The minimum absolute atomic E-state index is 0.149. The quantitative estimate of drug-likeness (QED) is 0.176. The average Bonchev–Trinajstić information content (AvgIpc) is 3.87. The lowest BCUT2D eigenvalue weighted by molar-refractivity contribution is 0.596. The van der Waals surface area contributed by atoms with E-state index in [9.17, 15) is 13.7 Å². The Balaban J connectivity index is 1.23. The van der Waals surface area contributed by atoms with Crippen molar-refractivity contribution >= 4 is 75.3 Å². The third-order valence-electron chi connectivity index (χ3n) is 11.1. The zero-order valence-corrected chi connectivity index (χ0v) is 30.7. The number of benzene rings is 8. The van der Waals surface area contributed by atoms with Crippen LogP contribution in [-0.4, -0.2) is 22.1 Å². The van der Waals surface area contributed by atoms with Crippen LogP contribution in [0.25, 0.3) is 82.5 Å². The lowest BCUT2D eigenvalue weighted by Crippen LogP contribution is -2.03. The van der Waals surface area contributed by atoms with Gasteiger partial charge >= 0.3 is 0 Å². The first kappa shape index (κ1) is 32.1. The van der Waals surface area contributed by atoms with Crippen LogP contribution < -0.4 is 0 Å². The van der Waals surface area contributed by atoms with Gasteiger partial charge in [0, 0.05) is 49.4 Å². The molecule has 0 aliphatic carbocycles. The Hall–Kier alpha value is -7.40. The van der Waals surface area contributed by atoms with Gasteiger partial charge in [0.05, 0.1) is 54.5 Å². The van der Waals surface area contributed by atoms with Crippen molar-refractivity contribution in [3.8, 4) is 23.1 Å². The van der Waals surface area contributed by atoms with Crippen molar-refractivity contribution in [2.24, 2.45) is 0 Å². The SMILES string of the molecule is N#Cc1ccc(S(=O)(=O)c2ccc(-n3c4cc5c6ccccc6n(-c6ccccc6)c5cc4c4cc5c(cc43)c3ccccc3n5-c3ccccc3)cc2)cc1. The van der Waals surface area contributed by atoms with E-state index in [-0.39, 0.29) is 9.79 Å². The van der Waals surface area contributed by atoms with E-state index in [2.05, 4.69) is 141 Å². The highest BCUT2D eigenvalue weighted by Crippen LogP contribution is 2.43. The normalized spacial score (nSPS) is 12.1. The molecule has 0 saturated carbocycles. The molecule has 0 unspecified atom stereocenters. The second-order valence-corrected chi connectivity index (χ2v) is 16.1. The third kappa shape index (κ3) is 4.63. The first-order valence-electron chi connectivity index (χ1n) is 18.4. The maximum absolute atomic E-state index is 13.7. The maximum Gasteiger partial charge on any atom is 0.206 e. The lowest BCUT2D eigenvalue weighted by Gasteiger charge is -2.11. The molecule has 264 valence electrons. The van der Waals surface area contributed by atoms with Crippen LogP contribution in [0, 0.1) is 11.3 Å². The number of hydrogen-bond donors (Lipinski definition) is 0. The summed E-state index contributed by atoms with van der Waals surface area (Å²) in [7, 11) is -3.81. The van der Waals surface area contributed by atoms with Gasteiger partial charge in [-0.1, -0.05) is 72.8 Å². The van der Waals surface area contributed by atoms with Crippen molar-refractivity contribution in [2.45, 2.75) is 9.79 Å². The molecule has 0 atom stereocenters. The van der Waals surface area contributed by atoms with E-state index in [1.54, 1.807) is 12.1 Å². The second-order valence-electron chi connectivity index (χ2n) is 14.1. The van der Waals surface area contributed by atoms with E-state index in [0.29, 0.717) is 5.56 Å². The molecular formula is C49H30N4O2S. The summed E-state index contributed by atoms with van der Waals surface area (Å²) in [5.41, 5.74) is 9.95. The Morgan fingerprint density at radius 2 is 0.696 bits per heavy atom. The number of aromatic nitrogens is 3. The molecule has 0 amide bonds. The summed E-state index contributed by atoms with van der Waals surface area (Å²) in [6.45, 7) is 0. The van der Waals surface area contributed by atoms with Crippen LogP contribution in [0.5, 0.6) is 0 Å². The Kier molecular flexibility index (Phi) is 6.90. The Morgan fingerprint density at radius 1 is 0.357 bits per heavy atom. The minimum Gasteiger partial charge on any atom is -0.309 e. The van der Waals surface area contributed by atoms with E-state index in [0.717, 1.165) is 82.5 Å². The summed E-state index contributed by atoms with van der Waals surface area (Å²) in [6.07, 6.45) is 0. The van der Waals surface area contributed by atoms with Crippen LogP contribution >= 0.6 is 0 Å². The molecule has 0 radical (unpaired) electrons. The summed E-state index contributed by atoms with van der Waals surface area (Å²) in [6, 6.07) is 62.5. The van der Waals surface area contributed by atoms with Gasteiger partial charge in [0.15, 0.2) is 0 Å².